The second-order valence-corrected chi connectivity index (χ2v) is 4.86. The van der Waals surface area contributed by atoms with Crippen LogP contribution in [0.25, 0.3) is 0 Å². The summed E-state index contributed by atoms with van der Waals surface area (Å²) in [6.45, 7) is 7.26. The lowest BCUT2D eigenvalue weighted by atomic mass is 10.1. The normalized spacial score (nSPS) is 12.0. The number of ether oxygens (including phenoxy) is 2. The third-order valence-corrected chi connectivity index (χ3v) is 3.14. The number of rotatable bonds is 8. The third kappa shape index (κ3) is 4.85. The van der Waals surface area contributed by atoms with Gasteiger partial charge in [-0.15, -0.1) is 0 Å². The van der Waals surface area contributed by atoms with Crippen LogP contribution in [0.4, 0.5) is 0 Å². The summed E-state index contributed by atoms with van der Waals surface area (Å²) in [4.78, 5) is 12.1. The number of benzene rings is 1. The van der Waals surface area contributed by atoms with Crippen LogP contribution in [0, 0.1) is 0 Å². The summed E-state index contributed by atoms with van der Waals surface area (Å²) >= 11 is 0. The first-order chi connectivity index (χ1) is 9.62. The number of carbonyl (C=O) groups excluding carboxylic acids is 1. The van der Waals surface area contributed by atoms with E-state index < -0.39 is 0 Å². The monoisotopic (exact) mass is 279 g/mol. The molecule has 1 aromatic carbocycles. The molecule has 4 heteroatoms. The van der Waals surface area contributed by atoms with Crippen LogP contribution in [0.2, 0.25) is 0 Å². The Morgan fingerprint density at radius 3 is 2.70 bits per heavy atom. The Labute approximate surface area is 121 Å². The van der Waals surface area contributed by atoms with E-state index in [1.165, 1.54) is 0 Å². The van der Waals surface area contributed by atoms with Gasteiger partial charge >= 0.3 is 0 Å². The van der Waals surface area contributed by atoms with Crippen molar-refractivity contribution in [3.8, 4) is 5.75 Å². The predicted octanol–water partition coefficient (Wildman–Crippen LogP) is 3.15. The van der Waals surface area contributed by atoms with Gasteiger partial charge in [-0.2, -0.15) is 0 Å². The van der Waals surface area contributed by atoms with Gasteiger partial charge in [0.1, 0.15) is 5.75 Å². The fourth-order valence-corrected chi connectivity index (χ4v) is 1.77. The van der Waals surface area contributed by atoms with Crippen LogP contribution in [-0.4, -0.2) is 25.7 Å². The van der Waals surface area contributed by atoms with Gasteiger partial charge in [-0.3, -0.25) is 4.79 Å². The van der Waals surface area contributed by atoms with Crippen LogP contribution in [0.1, 0.15) is 49.5 Å². The molecule has 1 rings (SSSR count). The number of amides is 1. The zero-order valence-electron chi connectivity index (χ0n) is 12.9. The molecule has 0 aliphatic rings. The van der Waals surface area contributed by atoms with Gasteiger partial charge in [-0.25, -0.2) is 0 Å². The van der Waals surface area contributed by atoms with E-state index in [0.717, 1.165) is 24.2 Å². The van der Waals surface area contributed by atoms with Crippen molar-refractivity contribution in [3.05, 3.63) is 29.3 Å². The van der Waals surface area contributed by atoms with Crippen molar-refractivity contribution in [2.24, 2.45) is 0 Å². The summed E-state index contributed by atoms with van der Waals surface area (Å²) in [5.74, 6) is 0.694. The molecule has 1 amide bonds. The Bertz CT molecular complexity index is 432. The summed E-state index contributed by atoms with van der Waals surface area (Å²) < 4.78 is 10.8. The lowest BCUT2D eigenvalue weighted by molar-refractivity contribution is 0.0938. The highest BCUT2D eigenvalue weighted by Crippen LogP contribution is 2.21. The smallest absolute Gasteiger partial charge is 0.251 e. The average Bonchev–Trinajstić information content (AvgIpc) is 2.47. The molecule has 1 N–H and O–H groups in total. The van der Waals surface area contributed by atoms with E-state index in [2.05, 4.69) is 12.2 Å². The third-order valence-electron chi connectivity index (χ3n) is 3.14. The molecule has 0 fully saturated rings. The number of hydrogen-bond donors (Lipinski definition) is 1. The average molecular weight is 279 g/mol. The maximum atomic E-state index is 12.1. The minimum atomic E-state index is -0.0567. The predicted molar refractivity (Wildman–Crippen MR) is 80.2 cm³/mol. The minimum Gasteiger partial charge on any atom is -0.496 e. The van der Waals surface area contributed by atoms with Crippen LogP contribution in [0.15, 0.2) is 18.2 Å². The molecule has 1 atom stereocenters. The molecule has 0 aliphatic carbocycles. The van der Waals surface area contributed by atoms with Gasteiger partial charge in [0.05, 0.1) is 13.7 Å². The SMILES string of the molecule is CCCOCc1cc(C(=O)N[C@@H](C)CC)ccc1OC. The molecule has 0 heterocycles. The Morgan fingerprint density at radius 2 is 2.10 bits per heavy atom. The number of hydrogen-bond acceptors (Lipinski definition) is 3. The van der Waals surface area contributed by atoms with Crippen molar-refractivity contribution in [2.45, 2.75) is 46.3 Å². The topological polar surface area (TPSA) is 47.6 Å². The second kappa shape index (κ2) is 8.59. The highest BCUT2D eigenvalue weighted by atomic mass is 16.5. The van der Waals surface area contributed by atoms with E-state index >= 15 is 0 Å². The molecule has 4 nitrogen and oxygen atoms in total. The van der Waals surface area contributed by atoms with Gasteiger partial charge in [-0.1, -0.05) is 13.8 Å². The molecule has 0 saturated carbocycles. The molecule has 112 valence electrons. The Kier molecular flexibility index (Phi) is 7.09. The first-order valence-electron chi connectivity index (χ1n) is 7.17. The fraction of sp³-hybridized carbons (Fsp3) is 0.562. The van der Waals surface area contributed by atoms with Gasteiger partial charge in [0.15, 0.2) is 0 Å². The molecule has 0 saturated heterocycles. The van der Waals surface area contributed by atoms with Gasteiger partial charge < -0.3 is 14.8 Å². The van der Waals surface area contributed by atoms with E-state index in [1.54, 1.807) is 13.2 Å². The summed E-state index contributed by atoms with van der Waals surface area (Å²) in [6, 6.07) is 5.60. The van der Waals surface area contributed by atoms with Crippen molar-refractivity contribution < 1.29 is 14.3 Å². The quantitative estimate of drug-likeness (QED) is 0.744. The van der Waals surface area contributed by atoms with Crippen LogP contribution < -0.4 is 10.1 Å². The summed E-state index contributed by atoms with van der Waals surface area (Å²) in [7, 11) is 1.62. The number of nitrogens with one attached hydrogen (secondary N) is 1. The van der Waals surface area contributed by atoms with Crippen molar-refractivity contribution in [1.29, 1.82) is 0 Å². The Hall–Kier alpha value is -1.55. The van der Waals surface area contributed by atoms with E-state index in [1.807, 2.05) is 26.0 Å². The fourth-order valence-electron chi connectivity index (χ4n) is 1.77. The first-order valence-corrected chi connectivity index (χ1v) is 7.17. The van der Waals surface area contributed by atoms with Crippen LogP contribution >= 0.6 is 0 Å². The van der Waals surface area contributed by atoms with Gasteiger partial charge in [0, 0.05) is 23.8 Å². The van der Waals surface area contributed by atoms with Crippen LogP contribution in [-0.2, 0) is 11.3 Å². The minimum absolute atomic E-state index is 0.0567. The van der Waals surface area contributed by atoms with E-state index in [4.69, 9.17) is 9.47 Å². The molecular weight excluding hydrogens is 254 g/mol. The largest absolute Gasteiger partial charge is 0.496 e. The van der Waals surface area contributed by atoms with Crippen molar-refractivity contribution in [1.82, 2.24) is 5.32 Å². The van der Waals surface area contributed by atoms with E-state index in [9.17, 15) is 4.79 Å². The zero-order chi connectivity index (χ0) is 15.0. The van der Waals surface area contributed by atoms with Crippen LogP contribution in [0.5, 0.6) is 5.75 Å². The number of methoxy groups -OCH3 is 1. The molecule has 1 aromatic rings. The number of carbonyl (C=O) groups is 1. The van der Waals surface area contributed by atoms with Crippen LogP contribution in [0.3, 0.4) is 0 Å². The molecule has 0 bridgehead atoms. The summed E-state index contributed by atoms with van der Waals surface area (Å²) in [5.41, 5.74) is 1.54. The standard InChI is InChI=1S/C16H25NO3/c1-5-9-20-11-14-10-13(7-8-15(14)19-4)16(18)17-12(3)6-2/h7-8,10,12H,5-6,9,11H2,1-4H3,(H,17,18)/t12-/m0/s1. The van der Waals surface area contributed by atoms with Crippen molar-refractivity contribution >= 4 is 5.91 Å². The molecule has 20 heavy (non-hydrogen) atoms. The van der Waals surface area contributed by atoms with Gasteiger partial charge in [-0.05, 0) is 38.0 Å². The maximum absolute atomic E-state index is 12.1. The zero-order valence-corrected chi connectivity index (χ0v) is 12.9. The second-order valence-electron chi connectivity index (χ2n) is 4.86. The molecule has 0 aromatic heterocycles. The molecule has 0 spiro atoms. The van der Waals surface area contributed by atoms with Gasteiger partial charge in [0.2, 0.25) is 0 Å². The molecule has 0 radical (unpaired) electrons. The molecular formula is C16H25NO3. The summed E-state index contributed by atoms with van der Waals surface area (Å²) in [5, 5.41) is 2.96. The molecule has 0 unspecified atom stereocenters. The van der Waals surface area contributed by atoms with Crippen molar-refractivity contribution in [2.75, 3.05) is 13.7 Å². The first kappa shape index (κ1) is 16.5. The van der Waals surface area contributed by atoms with E-state index in [-0.39, 0.29) is 11.9 Å². The highest BCUT2D eigenvalue weighted by molar-refractivity contribution is 5.94. The highest BCUT2D eigenvalue weighted by Gasteiger charge is 2.12. The summed E-state index contributed by atoms with van der Waals surface area (Å²) in [6.07, 6.45) is 1.88. The lowest BCUT2D eigenvalue weighted by Gasteiger charge is -2.14. The van der Waals surface area contributed by atoms with E-state index in [0.29, 0.717) is 18.8 Å². The lowest BCUT2D eigenvalue weighted by Crippen LogP contribution is -2.31. The molecule has 0 aliphatic heterocycles. The van der Waals surface area contributed by atoms with Crippen molar-refractivity contribution in [3.63, 3.8) is 0 Å². The Morgan fingerprint density at radius 1 is 1.35 bits per heavy atom. The van der Waals surface area contributed by atoms with Gasteiger partial charge in [0.25, 0.3) is 5.91 Å². The maximum Gasteiger partial charge on any atom is 0.251 e. The Balaban J connectivity index is 2.82.